The molecule has 22 heavy (non-hydrogen) atoms. The highest BCUT2D eigenvalue weighted by Crippen LogP contribution is 2.47. The summed E-state index contributed by atoms with van der Waals surface area (Å²) >= 11 is 0. The highest BCUT2D eigenvalue weighted by molar-refractivity contribution is 6.02. The average Bonchev–Trinajstić information content (AvgIpc) is 3.01. The highest BCUT2D eigenvalue weighted by Gasteiger charge is 2.29. The normalized spacial score (nSPS) is 14.7. The first-order valence-corrected chi connectivity index (χ1v) is 7.88. The van der Waals surface area contributed by atoms with Gasteiger partial charge in [0.15, 0.2) is 0 Å². The molecule has 0 aliphatic heterocycles. The van der Waals surface area contributed by atoms with E-state index in [4.69, 9.17) is 0 Å². The van der Waals surface area contributed by atoms with Crippen molar-refractivity contribution in [3.05, 3.63) is 58.7 Å². The molecular formula is C20H22N2. The average molecular weight is 290 g/mol. The molecule has 0 unspecified atom stereocenters. The van der Waals surface area contributed by atoms with Gasteiger partial charge in [-0.2, -0.15) is 0 Å². The lowest BCUT2D eigenvalue weighted by molar-refractivity contribution is 1.11. The van der Waals surface area contributed by atoms with E-state index >= 15 is 0 Å². The smallest absolute Gasteiger partial charge is 0.0364 e. The standard InChI is InChI=1S/C20H22N2/c1-21(2)15-5-7-17-13(9-15)11-19-18-8-6-16(22(3)4)10-14(18)12-20(17)19/h5-10H,11-12H2,1-4H3. The predicted molar refractivity (Wildman–Crippen MR) is 95.8 cm³/mol. The van der Waals surface area contributed by atoms with Crippen LogP contribution in [0.2, 0.25) is 0 Å². The Bertz CT molecular complexity index is 730. The van der Waals surface area contributed by atoms with Crippen LogP contribution >= 0.6 is 0 Å². The zero-order valence-electron chi connectivity index (χ0n) is 13.8. The van der Waals surface area contributed by atoms with E-state index < -0.39 is 0 Å². The SMILES string of the molecule is CN(C)c1ccc2c(c1)CC1=C2Cc2cc(N(C)C)ccc21. The predicted octanol–water partition coefficient (Wildman–Crippen LogP) is 3.84. The van der Waals surface area contributed by atoms with Gasteiger partial charge in [-0.3, -0.25) is 0 Å². The van der Waals surface area contributed by atoms with Crippen molar-refractivity contribution < 1.29 is 0 Å². The third kappa shape index (κ3) is 1.87. The molecule has 0 spiro atoms. The van der Waals surface area contributed by atoms with E-state index in [1.165, 1.54) is 33.6 Å². The third-order valence-electron chi connectivity index (χ3n) is 4.96. The molecule has 2 aliphatic carbocycles. The summed E-state index contributed by atoms with van der Waals surface area (Å²) in [6.45, 7) is 0. The summed E-state index contributed by atoms with van der Waals surface area (Å²) in [6.07, 6.45) is 2.17. The molecule has 0 radical (unpaired) electrons. The van der Waals surface area contributed by atoms with Crippen LogP contribution in [0.5, 0.6) is 0 Å². The first-order chi connectivity index (χ1) is 10.5. The monoisotopic (exact) mass is 290 g/mol. The number of anilines is 2. The molecule has 0 saturated carbocycles. The van der Waals surface area contributed by atoms with Gasteiger partial charge >= 0.3 is 0 Å². The summed E-state index contributed by atoms with van der Waals surface area (Å²) in [5.41, 5.74) is 11.6. The molecule has 112 valence electrons. The number of benzene rings is 2. The summed E-state index contributed by atoms with van der Waals surface area (Å²) in [5.74, 6) is 0. The third-order valence-corrected chi connectivity index (χ3v) is 4.96. The molecular weight excluding hydrogens is 268 g/mol. The van der Waals surface area contributed by atoms with Gasteiger partial charge in [-0.1, -0.05) is 12.1 Å². The van der Waals surface area contributed by atoms with Crippen LogP contribution in [0.25, 0.3) is 11.1 Å². The molecule has 0 bridgehead atoms. The van der Waals surface area contributed by atoms with Crippen LogP contribution < -0.4 is 9.80 Å². The van der Waals surface area contributed by atoms with Crippen molar-refractivity contribution in [1.29, 1.82) is 0 Å². The van der Waals surface area contributed by atoms with E-state index in [9.17, 15) is 0 Å². The van der Waals surface area contributed by atoms with Crippen LogP contribution in [-0.4, -0.2) is 28.2 Å². The van der Waals surface area contributed by atoms with Crippen LogP contribution in [0.15, 0.2) is 36.4 Å². The fraction of sp³-hybridized carbons (Fsp3) is 0.300. The molecule has 2 aromatic carbocycles. The molecule has 0 fully saturated rings. The molecule has 0 saturated heterocycles. The Morgan fingerprint density at radius 1 is 0.636 bits per heavy atom. The molecule has 0 aromatic heterocycles. The summed E-state index contributed by atoms with van der Waals surface area (Å²) in [5, 5.41) is 0. The first-order valence-electron chi connectivity index (χ1n) is 7.88. The van der Waals surface area contributed by atoms with E-state index in [-0.39, 0.29) is 0 Å². The quantitative estimate of drug-likeness (QED) is 0.829. The van der Waals surface area contributed by atoms with Gasteiger partial charge in [0.25, 0.3) is 0 Å². The minimum Gasteiger partial charge on any atom is -0.378 e. The molecule has 0 heterocycles. The van der Waals surface area contributed by atoms with E-state index in [1.54, 1.807) is 11.1 Å². The Morgan fingerprint density at radius 3 is 1.41 bits per heavy atom. The van der Waals surface area contributed by atoms with Crippen LogP contribution in [0.1, 0.15) is 22.3 Å². The number of allylic oxidation sites excluding steroid dienone is 2. The minimum atomic E-state index is 1.08. The molecule has 0 N–H and O–H groups in total. The number of fused-ring (bicyclic) bond motifs is 4. The van der Waals surface area contributed by atoms with Crippen molar-refractivity contribution in [1.82, 2.24) is 0 Å². The maximum Gasteiger partial charge on any atom is 0.0364 e. The van der Waals surface area contributed by atoms with Crippen LogP contribution in [0.4, 0.5) is 11.4 Å². The number of rotatable bonds is 2. The molecule has 4 rings (SSSR count). The van der Waals surface area contributed by atoms with E-state index in [0.29, 0.717) is 0 Å². The molecule has 0 amide bonds. The van der Waals surface area contributed by atoms with E-state index in [1.807, 2.05) is 0 Å². The van der Waals surface area contributed by atoms with Gasteiger partial charge in [-0.15, -0.1) is 0 Å². The number of nitrogens with zero attached hydrogens (tertiary/aromatic N) is 2. The van der Waals surface area contributed by atoms with Crippen LogP contribution in [-0.2, 0) is 12.8 Å². The fourth-order valence-corrected chi connectivity index (χ4v) is 3.71. The Balaban J connectivity index is 1.73. The lowest BCUT2D eigenvalue weighted by Gasteiger charge is -2.16. The Labute approximate surface area is 132 Å². The van der Waals surface area contributed by atoms with Gasteiger partial charge in [0, 0.05) is 39.6 Å². The van der Waals surface area contributed by atoms with Crippen molar-refractivity contribution in [2.75, 3.05) is 38.0 Å². The number of hydrogen-bond donors (Lipinski definition) is 0. The van der Waals surface area contributed by atoms with Gasteiger partial charge < -0.3 is 9.80 Å². The van der Waals surface area contributed by atoms with Crippen LogP contribution in [0.3, 0.4) is 0 Å². The lowest BCUT2D eigenvalue weighted by Crippen LogP contribution is -2.09. The lowest BCUT2D eigenvalue weighted by atomic mass is 9.98. The molecule has 2 aromatic rings. The zero-order valence-corrected chi connectivity index (χ0v) is 13.8. The maximum absolute atomic E-state index is 2.35. The topological polar surface area (TPSA) is 6.48 Å². The number of hydrogen-bond acceptors (Lipinski definition) is 2. The summed E-state index contributed by atoms with van der Waals surface area (Å²) < 4.78 is 0. The fourth-order valence-electron chi connectivity index (χ4n) is 3.71. The van der Waals surface area contributed by atoms with Gasteiger partial charge in [0.05, 0.1) is 0 Å². The van der Waals surface area contributed by atoms with Crippen molar-refractivity contribution >= 4 is 22.5 Å². The summed E-state index contributed by atoms with van der Waals surface area (Å²) in [4.78, 5) is 4.36. The molecule has 0 atom stereocenters. The van der Waals surface area contributed by atoms with Gasteiger partial charge in [0.1, 0.15) is 0 Å². The Morgan fingerprint density at radius 2 is 1.05 bits per heavy atom. The highest BCUT2D eigenvalue weighted by atomic mass is 15.1. The minimum absolute atomic E-state index is 1.08. The molecule has 2 aliphatic rings. The molecule has 2 heteroatoms. The van der Waals surface area contributed by atoms with Gasteiger partial charge in [0.2, 0.25) is 0 Å². The van der Waals surface area contributed by atoms with Gasteiger partial charge in [-0.25, -0.2) is 0 Å². The van der Waals surface area contributed by atoms with Crippen molar-refractivity contribution in [2.45, 2.75) is 12.8 Å². The second-order valence-electron chi connectivity index (χ2n) is 6.78. The van der Waals surface area contributed by atoms with Crippen molar-refractivity contribution in [2.24, 2.45) is 0 Å². The molecule has 2 nitrogen and oxygen atoms in total. The summed E-state index contributed by atoms with van der Waals surface area (Å²) in [7, 11) is 8.43. The van der Waals surface area contributed by atoms with Crippen molar-refractivity contribution in [3.8, 4) is 0 Å². The van der Waals surface area contributed by atoms with Crippen LogP contribution in [0, 0.1) is 0 Å². The van der Waals surface area contributed by atoms with Gasteiger partial charge in [-0.05, 0) is 70.5 Å². The first kappa shape index (κ1) is 13.4. The maximum atomic E-state index is 2.35. The second kappa shape index (κ2) is 4.64. The Kier molecular flexibility index (Phi) is 2.83. The second-order valence-corrected chi connectivity index (χ2v) is 6.78. The van der Waals surface area contributed by atoms with E-state index in [2.05, 4.69) is 74.4 Å². The van der Waals surface area contributed by atoms with Crippen molar-refractivity contribution in [3.63, 3.8) is 0 Å². The summed E-state index contributed by atoms with van der Waals surface area (Å²) in [6, 6.07) is 13.8. The van der Waals surface area contributed by atoms with E-state index in [0.717, 1.165) is 12.8 Å². The largest absolute Gasteiger partial charge is 0.378 e. The Hall–Kier alpha value is -2.22. The zero-order chi connectivity index (χ0) is 15.4.